The zero-order chi connectivity index (χ0) is 10.8. The fourth-order valence-corrected chi connectivity index (χ4v) is 3.09. The molecule has 1 aliphatic rings. The summed E-state index contributed by atoms with van der Waals surface area (Å²) >= 11 is 1.21. The van der Waals surface area contributed by atoms with Gasteiger partial charge in [-0.1, -0.05) is 24.2 Å². The summed E-state index contributed by atoms with van der Waals surface area (Å²) in [7, 11) is 0. The van der Waals surface area contributed by atoms with Crippen molar-refractivity contribution in [2.24, 2.45) is 11.7 Å². The predicted octanol–water partition coefficient (Wildman–Crippen LogP) is 2.85. The first-order chi connectivity index (χ1) is 7.18. The van der Waals surface area contributed by atoms with Crippen LogP contribution in [0.1, 0.15) is 36.6 Å². The van der Waals surface area contributed by atoms with Gasteiger partial charge in [0.25, 0.3) is 0 Å². The second-order valence-electron chi connectivity index (χ2n) is 4.00. The normalized spacial score (nSPS) is 19.3. The van der Waals surface area contributed by atoms with Gasteiger partial charge in [-0.25, -0.2) is 0 Å². The molecule has 1 aromatic rings. The lowest BCUT2D eigenvalue weighted by Crippen LogP contribution is -2.17. The predicted molar refractivity (Wildman–Crippen MR) is 59.9 cm³/mol. The topological polar surface area (TPSA) is 69.2 Å². The molecule has 0 radical (unpaired) electrons. The zero-order valence-corrected chi connectivity index (χ0v) is 9.20. The smallest absolute Gasteiger partial charge is 0.323 e. The van der Waals surface area contributed by atoms with E-state index in [0.717, 1.165) is 17.7 Å². The minimum Gasteiger partial charge on any atom is -0.323 e. The van der Waals surface area contributed by atoms with Crippen LogP contribution in [0.15, 0.2) is 12.1 Å². The van der Waals surface area contributed by atoms with Crippen molar-refractivity contribution in [2.75, 3.05) is 0 Å². The van der Waals surface area contributed by atoms with Crippen molar-refractivity contribution in [1.29, 1.82) is 0 Å². The molecule has 15 heavy (non-hydrogen) atoms. The summed E-state index contributed by atoms with van der Waals surface area (Å²) in [4.78, 5) is 11.1. The highest BCUT2D eigenvalue weighted by Crippen LogP contribution is 2.38. The third-order valence-electron chi connectivity index (χ3n) is 3.03. The van der Waals surface area contributed by atoms with Gasteiger partial charge in [-0.3, -0.25) is 10.1 Å². The van der Waals surface area contributed by atoms with Gasteiger partial charge in [0.1, 0.15) is 0 Å². The van der Waals surface area contributed by atoms with Gasteiger partial charge < -0.3 is 5.73 Å². The fourth-order valence-electron chi connectivity index (χ4n) is 2.17. The molecule has 1 fully saturated rings. The van der Waals surface area contributed by atoms with Crippen LogP contribution in [-0.4, -0.2) is 4.92 Å². The molecule has 0 amide bonds. The molecule has 0 spiro atoms. The van der Waals surface area contributed by atoms with Crippen LogP contribution in [0.3, 0.4) is 0 Å². The van der Waals surface area contributed by atoms with Crippen LogP contribution >= 0.6 is 11.3 Å². The molecule has 0 saturated heterocycles. The van der Waals surface area contributed by atoms with Crippen LogP contribution in [-0.2, 0) is 0 Å². The number of nitrogens with zero attached hydrogens (tertiary/aromatic N) is 1. The maximum atomic E-state index is 10.5. The highest BCUT2D eigenvalue weighted by Gasteiger charge is 2.25. The van der Waals surface area contributed by atoms with Gasteiger partial charge in [-0.05, 0) is 24.8 Å². The van der Waals surface area contributed by atoms with Crippen molar-refractivity contribution in [2.45, 2.75) is 31.7 Å². The minimum absolute atomic E-state index is 0.00815. The molecule has 4 nitrogen and oxygen atoms in total. The van der Waals surface area contributed by atoms with Crippen molar-refractivity contribution in [3.8, 4) is 0 Å². The third kappa shape index (κ3) is 2.18. The Balaban J connectivity index is 2.10. The number of rotatable bonds is 3. The molecule has 1 aliphatic carbocycles. The molecular weight excluding hydrogens is 212 g/mol. The van der Waals surface area contributed by atoms with Crippen molar-refractivity contribution in [1.82, 2.24) is 0 Å². The fraction of sp³-hybridized carbons (Fsp3) is 0.600. The van der Waals surface area contributed by atoms with Gasteiger partial charge in [-0.15, -0.1) is 0 Å². The van der Waals surface area contributed by atoms with Crippen LogP contribution in [0.5, 0.6) is 0 Å². The molecule has 0 aliphatic heterocycles. The van der Waals surface area contributed by atoms with E-state index in [0.29, 0.717) is 5.92 Å². The van der Waals surface area contributed by atoms with Crippen LogP contribution in [0.4, 0.5) is 5.00 Å². The lowest BCUT2D eigenvalue weighted by molar-refractivity contribution is -0.380. The summed E-state index contributed by atoms with van der Waals surface area (Å²) in [5.41, 5.74) is 6.10. The molecular formula is C10H14N2O2S. The van der Waals surface area contributed by atoms with E-state index >= 15 is 0 Å². The minimum atomic E-state index is -0.352. The van der Waals surface area contributed by atoms with Crippen LogP contribution in [0, 0.1) is 16.0 Å². The van der Waals surface area contributed by atoms with E-state index in [9.17, 15) is 10.1 Å². The Morgan fingerprint density at radius 1 is 1.47 bits per heavy atom. The van der Waals surface area contributed by atoms with Crippen molar-refractivity contribution in [3.63, 3.8) is 0 Å². The largest absolute Gasteiger partial charge is 0.324 e. The molecule has 2 N–H and O–H groups in total. The standard InChI is InChI=1S/C10H14N2O2S/c11-10(7-3-1-2-4-7)8-5-6-9(15-8)12(13)14/h5-7,10H,1-4,11H2/t10-/m1/s1. The Hall–Kier alpha value is -0.940. The van der Waals surface area contributed by atoms with E-state index in [-0.39, 0.29) is 16.0 Å². The highest BCUT2D eigenvalue weighted by atomic mass is 32.1. The summed E-state index contributed by atoms with van der Waals surface area (Å²) in [6.07, 6.45) is 4.80. The molecule has 1 aromatic heterocycles. The zero-order valence-electron chi connectivity index (χ0n) is 8.39. The maximum absolute atomic E-state index is 10.5. The van der Waals surface area contributed by atoms with Crippen molar-refractivity contribution >= 4 is 16.3 Å². The van der Waals surface area contributed by atoms with E-state index in [1.807, 2.05) is 0 Å². The molecule has 0 unspecified atom stereocenters. The number of thiophene rings is 1. The molecule has 1 atom stereocenters. The molecule has 0 aromatic carbocycles. The Bertz CT molecular complexity index is 358. The Labute approximate surface area is 92.2 Å². The first-order valence-electron chi connectivity index (χ1n) is 5.18. The first kappa shape index (κ1) is 10.6. The Morgan fingerprint density at radius 2 is 2.13 bits per heavy atom. The summed E-state index contributed by atoms with van der Waals surface area (Å²) in [6, 6.07) is 3.34. The average molecular weight is 226 g/mol. The van der Waals surface area contributed by atoms with Gasteiger partial charge in [0, 0.05) is 17.0 Å². The molecule has 2 rings (SSSR count). The Kier molecular flexibility index (Phi) is 3.02. The third-order valence-corrected chi connectivity index (χ3v) is 4.17. The second kappa shape index (κ2) is 4.28. The lowest BCUT2D eigenvalue weighted by atomic mass is 9.98. The first-order valence-corrected chi connectivity index (χ1v) is 6.00. The van der Waals surface area contributed by atoms with E-state index in [4.69, 9.17) is 5.73 Å². The summed E-state index contributed by atoms with van der Waals surface area (Å²) in [5.74, 6) is 0.517. The Morgan fingerprint density at radius 3 is 2.67 bits per heavy atom. The van der Waals surface area contributed by atoms with Gasteiger partial charge in [0.15, 0.2) is 0 Å². The average Bonchev–Trinajstić information content (AvgIpc) is 2.88. The monoisotopic (exact) mass is 226 g/mol. The van der Waals surface area contributed by atoms with Crippen molar-refractivity contribution < 1.29 is 4.92 Å². The molecule has 1 saturated carbocycles. The van der Waals surface area contributed by atoms with E-state index in [1.54, 1.807) is 12.1 Å². The van der Waals surface area contributed by atoms with Gasteiger partial charge in [0.2, 0.25) is 0 Å². The number of nitrogens with two attached hydrogens (primary N) is 1. The SMILES string of the molecule is N[C@@H](c1ccc([N+](=O)[O-])s1)C1CCCC1. The van der Waals surface area contributed by atoms with Gasteiger partial charge >= 0.3 is 5.00 Å². The lowest BCUT2D eigenvalue weighted by Gasteiger charge is -2.16. The summed E-state index contributed by atoms with van der Waals surface area (Å²) < 4.78 is 0. The van der Waals surface area contributed by atoms with Crippen LogP contribution in [0.2, 0.25) is 0 Å². The van der Waals surface area contributed by atoms with E-state index in [1.165, 1.54) is 24.2 Å². The second-order valence-corrected chi connectivity index (χ2v) is 5.10. The molecule has 0 bridgehead atoms. The van der Waals surface area contributed by atoms with Crippen LogP contribution in [0.25, 0.3) is 0 Å². The van der Waals surface area contributed by atoms with E-state index < -0.39 is 0 Å². The number of hydrogen-bond donors (Lipinski definition) is 1. The number of hydrogen-bond acceptors (Lipinski definition) is 4. The highest BCUT2D eigenvalue weighted by molar-refractivity contribution is 7.15. The van der Waals surface area contributed by atoms with Crippen molar-refractivity contribution in [3.05, 3.63) is 27.1 Å². The van der Waals surface area contributed by atoms with E-state index in [2.05, 4.69) is 0 Å². The van der Waals surface area contributed by atoms with Gasteiger partial charge in [0.05, 0.1) is 4.92 Å². The van der Waals surface area contributed by atoms with Crippen LogP contribution < -0.4 is 5.73 Å². The summed E-state index contributed by atoms with van der Waals surface area (Å²) in [6.45, 7) is 0. The quantitative estimate of drug-likeness (QED) is 0.636. The van der Waals surface area contributed by atoms with Gasteiger partial charge in [-0.2, -0.15) is 0 Å². The number of nitro groups is 1. The maximum Gasteiger partial charge on any atom is 0.324 e. The summed E-state index contributed by atoms with van der Waals surface area (Å²) in [5, 5.41) is 10.7. The molecule has 5 heteroatoms. The molecule has 1 heterocycles. The molecule has 82 valence electrons.